The Morgan fingerprint density at radius 1 is 1.11 bits per heavy atom. The number of hydrogen-bond acceptors (Lipinski definition) is 2. The third kappa shape index (κ3) is 3.22. The summed E-state index contributed by atoms with van der Waals surface area (Å²) in [5.74, 6) is 0.714. The molecule has 0 aliphatic heterocycles. The topological polar surface area (TPSA) is 22.1 Å². The van der Waals surface area contributed by atoms with E-state index in [1.165, 1.54) is 10.9 Å². The molecule has 2 rings (SSSR count). The highest BCUT2D eigenvalue weighted by molar-refractivity contribution is 5.83. The van der Waals surface area contributed by atoms with Crippen molar-refractivity contribution in [3.63, 3.8) is 0 Å². The van der Waals surface area contributed by atoms with Crippen molar-refractivity contribution in [3.8, 4) is 5.88 Å². The molecular formula is C16H21NO. The van der Waals surface area contributed by atoms with Crippen molar-refractivity contribution in [2.45, 2.75) is 34.1 Å². The molecular weight excluding hydrogens is 222 g/mol. The first-order valence-corrected chi connectivity index (χ1v) is 6.49. The Balaban J connectivity index is 2.25. The molecule has 0 N–H and O–H groups in total. The van der Waals surface area contributed by atoms with Gasteiger partial charge in [0.15, 0.2) is 0 Å². The Morgan fingerprint density at radius 3 is 2.56 bits per heavy atom. The second-order valence-corrected chi connectivity index (χ2v) is 5.91. The second kappa shape index (κ2) is 4.97. The summed E-state index contributed by atoms with van der Waals surface area (Å²) in [5.41, 5.74) is 1.50. The molecule has 0 radical (unpaired) electrons. The first kappa shape index (κ1) is 12.9. The van der Waals surface area contributed by atoms with Crippen LogP contribution in [0.25, 0.3) is 10.8 Å². The average molecular weight is 243 g/mol. The Kier molecular flexibility index (Phi) is 3.55. The van der Waals surface area contributed by atoms with E-state index in [9.17, 15) is 0 Å². The van der Waals surface area contributed by atoms with Crippen molar-refractivity contribution < 1.29 is 4.74 Å². The van der Waals surface area contributed by atoms with E-state index in [4.69, 9.17) is 4.74 Å². The summed E-state index contributed by atoms with van der Waals surface area (Å²) in [7, 11) is 0. The fourth-order valence-electron chi connectivity index (χ4n) is 1.76. The quantitative estimate of drug-likeness (QED) is 0.805. The minimum absolute atomic E-state index is 0.155. The molecule has 0 saturated heterocycles. The first-order chi connectivity index (χ1) is 8.48. The molecule has 0 spiro atoms. The van der Waals surface area contributed by atoms with E-state index in [0.29, 0.717) is 12.5 Å². The number of rotatable bonds is 3. The van der Waals surface area contributed by atoms with Crippen molar-refractivity contribution in [2.24, 2.45) is 5.41 Å². The van der Waals surface area contributed by atoms with E-state index in [1.54, 1.807) is 0 Å². The van der Waals surface area contributed by atoms with Crippen molar-refractivity contribution in [2.75, 3.05) is 6.61 Å². The molecule has 2 nitrogen and oxygen atoms in total. The standard InChI is InChI=1S/C16H21NO/c1-5-12-6-7-13-10-17-15(9-14(13)8-12)18-11-16(2,3)4/h6-10H,5,11H2,1-4H3. The van der Waals surface area contributed by atoms with E-state index < -0.39 is 0 Å². The minimum Gasteiger partial charge on any atom is -0.477 e. The number of aryl methyl sites for hydroxylation is 1. The fourth-order valence-corrected chi connectivity index (χ4v) is 1.76. The number of fused-ring (bicyclic) bond motifs is 1. The van der Waals surface area contributed by atoms with Gasteiger partial charge in [-0.25, -0.2) is 4.98 Å². The van der Waals surface area contributed by atoms with Crippen molar-refractivity contribution in [1.82, 2.24) is 4.98 Å². The maximum atomic E-state index is 5.74. The summed E-state index contributed by atoms with van der Waals surface area (Å²) < 4.78 is 5.74. The molecule has 0 aliphatic carbocycles. The van der Waals surface area contributed by atoms with Gasteiger partial charge in [-0.05, 0) is 22.8 Å². The third-order valence-corrected chi connectivity index (χ3v) is 2.82. The lowest BCUT2D eigenvalue weighted by atomic mass is 9.99. The second-order valence-electron chi connectivity index (χ2n) is 5.91. The van der Waals surface area contributed by atoms with Crippen LogP contribution in [0.1, 0.15) is 33.3 Å². The van der Waals surface area contributed by atoms with Crippen LogP contribution in [0.5, 0.6) is 5.88 Å². The molecule has 0 unspecified atom stereocenters. The van der Waals surface area contributed by atoms with Crippen LogP contribution >= 0.6 is 0 Å². The van der Waals surface area contributed by atoms with Gasteiger partial charge in [-0.1, -0.05) is 45.9 Å². The zero-order chi connectivity index (χ0) is 13.2. The van der Waals surface area contributed by atoms with Gasteiger partial charge in [0.25, 0.3) is 0 Å². The van der Waals surface area contributed by atoms with Crippen molar-refractivity contribution in [1.29, 1.82) is 0 Å². The lowest BCUT2D eigenvalue weighted by Gasteiger charge is -2.18. The third-order valence-electron chi connectivity index (χ3n) is 2.82. The summed E-state index contributed by atoms with van der Waals surface area (Å²) in [5, 5.41) is 2.36. The van der Waals surface area contributed by atoms with Gasteiger partial charge in [0.1, 0.15) is 0 Å². The first-order valence-electron chi connectivity index (χ1n) is 6.49. The van der Waals surface area contributed by atoms with Gasteiger partial charge in [0.05, 0.1) is 6.61 Å². The fraction of sp³-hybridized carbons (Fsp3) is 0.438. The molecule has 0 fully saturated rings. The molecule has 0 amide bonds. The summed E-state index contributed by atoms with van der Waals surface area (Å²) >= 11 is 0. The smallest absolute Gasteiger partial charge is 0.213 e. The molecule has 0 saturated carbocycles. The van der Waals surface area contributed by atoms with Crippen LogP contribution < -0.4 is 4.74 Å². The van der Waals surface area contributed by atoms with Gasteiger partial charge in [-0.2, -0.15) is 0 Å². The molecule has 0 aliphatic rings. The van der Waals surface area contributed by atoms with Gasteiger partial charge in [-0.3, -0.25) is 0 Å². The van der Waals surface area contributed by atoms with E-state index >= 15 is 0 Å². The highest BCUT2D eigenvalue weighted by Gasteiger charge is 2.11. The lowest BCUT2D eigenvalue weighted by molar-refractivity contribution is 0.192. The number of nitrogens with zero attached hydrogens (tertiary/aromatic N) is 1. The van der Waals surface area contributed by atoms with E-state index in [-0.39, 0.29) is 5.41 Å². The number of ether oxygens (including phenoxy) is 1. The van der Waals surface area contributed by atoms with Crippen LogP contribution in [0.2, 0.25) is 0 Å². The summed E-state index contributed by atoms with van der Waals surface area (Å²) in [6.45, 7) is 9.31. The average Bonchev–Trinajstić information content (AvgIpc) is 2.34. The summed E-state index contributed by atoms with van der Waals surface area (Å²) in [4.78, 5) is 4.34. The van der Waals surface area contributed by atoms with Crippen LogP contribution in [0.4, 0.5) is 0 Å². The van der Waals surface area contributed by atoms with Crippen LogP contribution in [-0.4, -0.2) is 11.6 Å². The number of pyridine rings is 1. The Morgan fingerprint density at radius 2 is 1.89 bits per heavy atom. The molecule has 2 heteroatoms. The molecule has 1 aromatic heterocycles. The summed E-state index contributed by atoms with van der Waals surface area (Å²) in [6, 6.07) is 8.51. The minimum atomic E-state index is 0.155. The Hall–Kier alpha value is -1.57. The van der Waals surface area contributed by atoms with Crippen LogP contribution in [0.3, 0.4) is 0 Å². The number of hydrogen-bond donors (Lipinski definition) is 0. The predicted octanol–water partition coefficient (Wildman–Crippen LogP) is 4.22. The predicted molar refractivity (Wildman–Crippen MR) is 76.1 cm³/mol. The highest BCUT2D eigenvalue weighted by atomic mass is 16.5. The van der Waals surface area contributed by atoms with Gasteiger partial charge in [-0.15, -0.1) is 0 Å². The zero-order valence-electron chi connectivity index (χ0n) is 11.7. The highest BCUT2D eigenvalue weighted by Crippen LogP contribution is 2.21. The molecule has 0 bridgehead atoms. The van der Waals surface area contributed by atoms with Crippen LogP contribution in [0.15, 0.2) is 30.5 Å². The van der Waals surface area contributed by atoms with Crippen LogP contribution in [0, 0.1) is 5.41 Å². The van der Waals surface area contributed by atoms with Crippen molar-refractivity contribution >= 4 is 10.8 Å². The van der Waals surface area contributed by atoms with Gasteiger partial charge in [0.2, 0.25) is 5.88 Å². The Bertz CT molecular complexity index is 540. The maximum absolute atomic E-state index is 5.74. The van der Waals surface area contributed by atoms with Gasteiger partial charge in [0, 0.05) is 17.6 Å². The molecule has 0 atom stereocenters. The zero-order valence-corrected chi connectivity index (χ0v) is 11.7. The number of benzene rings is 1. The molecule has 96 valence electrons. The van der Waals surface area contributed by atoms with Gasteiger partial charge >= 0.3 is 0 Å². The lowest BCUT2D eigenvalue weighted by Crippen LogP contribution is -2.17. The van der Waals surface area contributed by atoms with E-state index in [1.807, 2.05) is 12.3 Å². The van der Waals surface area contributed by atoms with Crippen LogP contribution in [-0.2, 0) is 6.42 Å². The monoisotopic (exact) mass is 243 g/mol. The molecule has 1 heterocycles. The van der Waals surface area contributed by atoms with Crippen molar-refractivity contribution in [3.05, 3.63) is 36.0 Å². The number of aromatic nitrogens is 1. The molecule has 18 heavy (non-hydrogen) atoms. The van der Waals surface area contributed by atoms with Gasteiger partial charge < -0.3 is 4.74 Å². The molecule has 1 aromatic carbocycles. The molecule has 2 aromatic rings. The Labute approximate surface area is 109 Å². The maximum Gasteiger partial charge on any atom is 0.213 e. The van der Waals surface area contributed by atoms with E-state index in [0.717, 1.165) is 11.8 Å². The largest absolute Gasteiger partial charge is 0.477 e. The SMILES string of the molecule is CCc1ccc2cnc(OCC(C)(C)C)cc2c1. The summed E-state index contributed by atoms with van der Waals surface area (Å²) in [6.07, 6.45) is 2.93. The van der Waals surface area contributed by atoms with E-state index in [2.05, 4.69) is 50.9 Å². The normalized spacial score (nSPS) is 11.8.